The van der Waals surface area contributed by atoms with Gasteiger partial charge in [0, 0.05) is 49.1 Å². The molecule has 0 bridgehead atoms. The Balaban J connectivity index is 2.09. The molecule has 1 saturated heterocycles. The van der Waals surface area contributed by atoms with Crippen LogP contribution in [0.25, 0.3) is 0 Å². The van der Waals surface area contributed by atoms with E-state index in [1.807, 2.05) is 0 Å². The van der Waals surface area contributed by atoms with E-state index >= 15 is 0 Å². The number of nitrogens with zero attached hydrogens (tertiary/aromatic N) is 1. The highest BCUT2D eigenvalue weighted by Gasteiger charge is 2.42. The van der Waals surface area contributed by atoms with Crippen LogP contribution in [0.1, 0.15) is 57.8 Å². The van der Waals surface area contributed by atoms with Crippen molar-refractivity contribution in [1.29, 1.82) is 0 Å². The van der Waals surface area contributed by atoms with Crippen molar-refractivity contribution in [3.8, 4) is 0 Å². The van der Waals surface area contributed by atoms with Gasteiger partial charge in [-0.05, 0) is 50.8 Å². The van der Waals surface area contributed by atoms with Gasteiger partial charge >= 0.3 is 5.97 Å². The number of hydrogen-bond donors (Lipinski definition) is 6. The maximum atomic E-state index is 13.2. The van der Waals surface area contributed by atoms with Crippen LogP contribution in [0.3, 0.4) is 0 Å². The standard InChI is InChI=1S/C24H43N5O5S3/c1-26-7-8-27-24(34)18(29(2)22(31)6-4-3-5-9-35)14-21(30)28-17-12-16(25)13-20-19(36-37-20)10-15(17)11-23(32)33/h15-20,26,35H,3-14,25H2,1-2H3,(H,27,34)(H,28,30)(H,32,33)/t15?,16?,17?,18-,19?,20?/m0/s1. The van der Waals surface area contributed by atoms with E-state index in [4.69, 9.17) is 5.73 Å². The second kappa shape index (κ2) is 16.7. The van der Waals surface area contributed by atoms with Crippen molar-refractivity contribution in [2.45, 2.75) is 86.4 Å². The molecule has 2 aliphatic rings. The number of aliphatic carboxylic acids is 1. The first-order chi connectivity index (χ1) is 17.7. The van der Waals surface area contributed by atoms with E-state index in [-0.39, 0.29) is 36.6 Å². The third-order valence-electron chi connectivity index (χ3n) is 6.96. The minimum Gasteiger partial charge on any atom is -0.481 e. The molecule has 6 N–H and O–H groups in total. The van der Waals surface area contributed by atoms with E-state index in [1.165, 1.54) is 4.90 Å². The molecule has 1 aliphatic heterocycles. The molecule has 3 amide bonds. The zero-order valence-corrected chi connectivity index (χ0v) is 24.3. The summed E-state index contributed by atoms with van der Waals surface area (Å²) in [6.07, 6.45) is 4.53. The molecule has 0 spiro atoms. The average Bonchev–Trinajstić information content (AvgIpc) is 2.83. The third kappa shape index (κ3) is 10.9. The zero-order chi connectivity index (χ0) is 27.4. The largest absolute Gasteiger partial charge is 0.481 e. The molecular formula is C24H43N5O5S3. The van der Waals surface area contributed by atoms with Gasteiger partial charge in [-0.15, -0.1) is 0 Å². The summed E-state index contributed by atoms with van der Waals surface area (Å²) in [5.41, 5.74) is 6.37. The molecule has 0 radical (unpaired) electrons. The highest BCUT2D eigenvalue weighted by molar-refractivity contribution is 8.80. The summed E-state index contributed by atoms with van der Waals surface area (Å²) in [4.78, 5) is 52.0. The summed E-state index contributed by atoms with van der Waals surface area (Å²) in [7, 11) is 6.88. The number of nitrogens with one attached hydrogen (secondary N) is 3. The highest BCUT2D eigenvalue weighted by atomic mass is 33.1. The average molecular weight is 578 g/mol. The molecule has 1 heterocycles. The maximum Gasteiger partial charge on any atom is 0.303 e. The SMILES string of the molecule is CNCCNC(=O)[C@H](CC(=O)NC1CC(N)CC2SSC2CC1CC(=O)O)N(C)C(=O)CCCCCS. The Kier molecular flexibility index (Phi) is 14.5. The molecule has 37 heavy (non-hydrogen) atoms. The van der Waals surface area contributed by atoms with Crippen molar-refractivity contribution in [3.63, 3.8) is 0 Å². The molecule has 6 atom stereocenters. The van der Waals surface area contributed by atoms with Gasteiger partial charge in [-0.3, -0.25) is 19.2 Å². The van der Waals surface area contributed by atoms with Crippen molar-refractivity contribution in [3.05, 3.63) is 0 Å². The number of fused-ring (bicyclic) bond motifs is 1. The predicted octanol–water partition coefficient (Wildman–Crippen LogP) is 1.25. The van der Waals surface area contributed by atoms with Crippen molar-refractivity contribution in [1.82, 2.24) is 20.9 Å². The van der Waals surface area contributed by atoms with Crippen LogP contribution in [0.2, 0.25) is 0 Å². The lowest BCUT2D eigenvalue weighted by molar-refractivity contribution is -0.141. The molecular weight excluding hydrogens is 534 g/mol. The van der Waals surface area contributed by atoms with Crippen molar-refractivity contribution in [2.75, 3.05) is 32.9 Å². The fourth-order valence-corrected chi connectivity index (χ4v) is 8.06. The van der Waals surface area contributed by atoms with Gasteiger partial charge in [0.25, 0.3) is 0 Å². The Morgan fingerprint density at radius 3 is 2.41 bits per heavy atom. The lowest BCUT2D eigenvalue weighted by Crippen LogP contribution is -2.53. The highest BCUT2D eigenvalue weighted by Crippen LogP contribution is 2.53. The van der Waals surface area contributed by atoms with Crippen LogP contribution in [-0.4, -0.2) is 95.3 Å². The molecule has 5 unspecified atom stereocenters. The zero-order valence-electron chi connectivity index (χ0n) is 21.8. The number of unbranched alkanes of at least 4 members (excludes halogenated alkanes) is 2. The molecule has 10 nitrogen and oxygen atoms in total. The summed E-state index contributed by atoms with van der Waals surface area (Å²) in [5.74, 6) is -1.36. The Morgan fingerprint density at radius 1 is 1.08 bits per heavy atom. The fourth-order valence-electron chi connectivity index (χ4n) is 4.79. The van der Waals surface area contributed by atoms with Crippen LogP contribution < -0.4 is 21.7 Å². The van der Waals surface area contributed by atoms with Crippen LogP contribution in [0.4, 0.5) is 0 Å². The molecule has 2 rings (SSSR count). The number of carbonyl (C=O) groups excluding carboxylic acids is 3. The lowest BCUT2D eigenvalue weighted by Gasteiger charge is -2.43. The molecule has 212 valence electrons. The van der Waals surface area contributed by atoms with Gasteiger partial charge in [-0.25, -0.2) is 0 Å². The molecule has 0 aromatic rings. The number of carbonyl (C=O) groups is 4. The minimum absolute atomic E-state index is 0.0509. The Labute approximate surface area is 233 Å². The van der Waals surface area contributed by atoms with Gasteiger partial charge in [0.15, 0.2) is 0 Å². The molecule has 0 aromatic carbocycles. The fraction of sp³-hybridized carbons (Fsp3) is 0.833. The lowest BCUT2D eigenvalue weighted by atomic mass is 9.82. The predicted molar refractivity (Wildman–Crippen MR) is 153 cm³/mol. The van der Waals surface area contributed by atoms with E-state index in [1.54, 1.807) is 35.7 Å². The first-order valence-corrected chi connectivity index (χ1v) is 15.9. The number of carboxylic acid groups (broad SMARTS) is 1. The first-order valence-electron chi connectivity index (χ1n) is 13.0. The molecule has 2 fully saturated rings. The number of amides is 3. The minimum atomic E-state index is -0.961. The van der Waals surface area contributed by atoms with Gasteiger partial charge in [0.1, 0.15) is 6.04 Å². The molecule has 0 aromatic heterocycles. The number of nitrogens with two attached hydrogens (primary N) is 1. The van der Waals surface area contributed by atoms with Crippen LogP contribution in [0.5, 0.6) is 0 Å². The smallest absolute Gasteiger partial charge is 0.303 e. The van der Waals surface area contributed by atoms with E-state index in [2.05, 4.69) is 28.6 Å². The second-order valence-electron chi connectivity index (χ2n) is 9.92. The third-order valence-corrected chi connectivity index (χ3v) is 10.9. The number of carboxylic acids is 1. The normalized spacial score (nSPS) is 26.0. The number of thiol groups is 1. The summed E-state index contributed by atoms with van der Waals surface area (Å²) >= 11 is 4.19. The summed E-state index contributed by atoms with van der Waals surface area (Å²) in [5, 5.41) is 19.0. The van der Waals surface area contributed by atoms with Crippen LogP contribution in [-0.2, 0) is 19.2 Å². The van der Waals surface area contributed by atoms with E-state index < -0.39 is 24.0 Å². The van der Waals surface area contributed by atoms with E-state index in [0.717, 1.165) is 25.0 Å². The van der Waals surface area contributed by atoms with Crippen molar-refractivity contribution < 1.29 is 24.3 Å². The van der Waals surface area contributed by atoms with Crippen molar-refractivity contribution in [2.24, 2.45) is 11.7 Å². The van der Waals surface area contributed by atoms with Crippen LogP contribution >= 0.6 is 34.2 Å². The first kappa shape index (κ1) is 32.1. The summed E-state index contributed by atoms with van der Waals surface area (Å²) < 4.78 is 0. The van der Waals surface area contributed by atoms with Crippen LogP contribution in [0.15, 0.2) is 0 Å². The van der Waals surface area contributed by atoms with Gasteiger partial charge < -0.3 is 31.7 Å². The maximum absolute atomic E-state index is 13.2. The summed E-state index contributed by atoms with van der Waals surface area (Å²) in [6, 6.07) is -1.51. The Bertz CT molecular complexity index is 777. The monoisotopic (exact) mass is 577 g/mol. The van der Waals surface area contributed by atoms with Crippen molar-refractivity contribution >= 4 is 57.9 Å². The van der Waals surface area contributed by atoms with Gasteiger partial charge in [-0.1, -0.05) is 28.0 Å². The number of likely N-dealkylation sites (N-methyl/N-ethyl adjacent to an activating group) is 2. The summed E-state index contributed by atoms with van der Waals surface area (Å²) in [6.45, 7) is 0.926. The molecule has 13 heteroatoms. The Hall–Kier alpha value is -1.15. The van der Waals surface area contributed by atoms with Gasteiger partial charge in [0.05, 0.1) is 12.8 Å². The topological polar surface area (TPSA) is 154 Å². The second-order valence-corrected chi connectivity index (χ2v) is 13.1. The molecule has 1 saturated carbocycles. The van der Waals surface area contributed by atoms with Gasteiger partial charge in [0.2, 0.25) is 17.7 Å². The number of rotatable bonds is 15. The Morgan fingerprint density at radius 2 is 1.78 bits per heavy atom. The molecule has 1 aliphatic carbocycles. The number of hydrogen-bond acceptors (Lipinski definition) is 9. The van der Waals surface area contributed by atoms with Gasteiger partial charge in [-0.2, -0.15) is 12.6 Å². The van der Waals surface area contributed by atoms with Crippen LogP contribution in [0, 0.1) is 5.92 Å². The van der Waals surface area contributed by atoms with E-state index in [9.17, 15) is 24.3 Å². The van der Waals surface area contributed by atoms with E-state index in [0.29, 0.717) is 49.3 Å². The quantitative estimate of drug-likeness (QED) is 0.0959.